The molecule has 0 bridgehead atoms. The molecule has 2 rings (SSSR count). The summed E-state index contributed by atoms with van der Waals surface area (Å²) in [7, 11) is 0. The smallest absolute Gasteiger partial charge is 0.320 e. The molecule has 0 aromatic heterocycles. The molecule has 2 aromatic carbocycles. The number of nitrogens with zero attached hydrogens (tertiary/aromatic N) is 1. The first kappa shape index (κ1) is 18.5. The second kappa shape index (κ2) is 9.42. The summed E-state index contributed by atoms with van der Waals surface area (Å²) in [6.45, 7) is 3.15. The minimum atomic E-state index is -0.708. The number of carbonyl (C=O) groups is 1. The van der Waals surface area contributed by atoms with Gasteiger partial charge in [0.2, 0.25) is 0 Å². The Kier molecular flexibility index (Phi) is 7.25. The average Bonchev–Trinajstić information content (AvgIpc) is 2.56. The van der Waals surface area contributed by atoms with Crippen LogP contribution < -0.4 is 0 Å². The molecular weight excluding hydrogens is 326 g/mol. The molecule has 128 valence electrons. The maximum absolute atomic E-state index is 11.8. The van der Waals surface area contributed by atoms with Crippen LogP contribution in [0.1, 0.15) is 24.2 Å². The molecule has 0 heterocycles. The number of aliphatic hydroxyl groups is 1. The molecule has 1 N–H and O–H groups in total. The van der Waals surface area contributed by atoms with Crippen molar-refractivity contribution in [2.24, 2.45) is 0 Å². The number of esters is 1. The highest BCUT2D eigenvalue weighted by Crippen LogP contribution is 2.18. The zero-order chi connectivity index (χ0) is 17.4. The van der Waals surface area contributed by atoms with Gasteiger partial charge in [-0.2, -0.15) is 0 Å². The van der Waals surface area contributed by atoms with E-state index in [1.807, 2.05) is 35.2 Å². The Morgan fingerprint density at radius 3 is 2.46 bits per heavy atom. The van der Waals surface area contributed by atoms with Crippen molar-refractivity contribution in [3.8, 4) is 0 Å². The van der Waals surface area contributed by atoms with Crippen molar-refractivity contribution in [2.75, 3.05) is 19.7 Å². The van der Waals surface area contributed by atoms with Crippen LogP contribution in [-0.4, -0.2) is 35.7 Å². The quantitative estimate of drug-likeness (QED) is 0.743. The fourth-order valence-electron chi connectivity index (χ4n) is 2.45. The number of ether oxygens (including phenoxy) is 1. The summed E-state index contributed by atoms with van der Waals surface area (Å²) in [6, 6.07) is 16.9. The molecular formula is C19H22ClNO3. The van der Waals surface area contributed by atoms with E-state index < -0.39 is 6.10 Å². The van der Waals surface area contributed by atoms with Crippen molar-refractivity contribution in [1.82, 2.24) is 4.90 Å². The van der Waals surface area contributed by atoms with Crippen molar-refractivity contribution in [2.45, 2.75) is 19.6 Å². The molecule has 0 fully saturated rings. The first-order chi connectivity index (χ1) is 11.6. The van der Waals surface area contributed by atoms with Gasteiger partial charge >= 0.3 is 5.97 Å². The van der Waals surface area contributed by atoms with Gasteiger partial charge in [-0.1, -0.05) is 54.1 Å². The van der Waals surface area contributed by atoms with Crippen LogP contribution in [0.5, 0.6) is 0 Å². The second-order valence-electron chi connectivity index (χ2n) is 5.53. The number of rotatable bonds is 8. The molecule has 5 heteroatoms. The summed E-state index contributed by atoms with van der Waals surface area (Å²) in [5, 5.41) is 11.1. The Morgan fingerprint density at radius 1 is 1.17 bits per heavy atom. The van der Waals surface area contributed by atoms with Gasteiger partial charge in [0.15, 0.2) is 0 Å². The van der Waals surface area contributed by atoms with Gasteiger partial charge in [-0.05, 0) is 30.2 Å². The molecule has 4 nitrogen and oxygen atoms in total. The van der Waals surface area contributed by atoms with Gasteiger partial charge in [-0.3, -0.25) is 9.69 Å². The standard InChI is InChI=1S/C19H22ClNO3/c1-2-24-19(23)14-21(12-15-6-4-3-5-7-15)13-18(22)16-8-10-17(20)11-9-16/h3-11,18,22H,2,12-14H2,1H3. The van der Waals surface area contributed by atoms with Crippen LogP contribution in [0.4, 0.5) is 0 Å². The first-order valence-electron chi connectivity index (χ1n) is 7.94. The Hall–Kier alpha value is -1.88. The van der Waals surface area contributed by atoms with E-state index in [2.05, 4.69) is 0 Å². The fraction of sp³-hybridized carbons (Fsp3) is 0.316. The van der Waals surface area contributed by atoms with Crippen LogP contribution in [-0.2, 0) is 16.1 Å². The van der Waals surface area contributed by atoms with Gasteiger partial charge in [-0.25, -0.2) is 0 Å². The first-order valence-corrected chi connectivity index (χ1v) is 8.31. The highest BCUT2D eigenvalue weighted by atomic mass is 35.5. The minimum absolute atomic E-state index is 0.132. The Morgan fingerprint density at radius 2 is 1.83 bits per heavy atom. The van der Waals surface area contributed by atoms with Gasteiger partial charge < -0.3 is 9.84 Å². The SMILES string of the molecule is CCOC(=O)CN(Cc1ccccc1)CC(O)c1ccc(Cl)cc1. The van der Waals surface area contributed by atoms with Crippen molar-refractivity contribution in [3.05, 3.63) is 70.7 Å². The van der Waals surface area contributed by atoms with Crippen LogP contribution in [0.25, 0.3) is 0 Å². The third-order valence-corrected chi connectivity index (χ3v) is 3.84. The highest BCUT2D eigenvalue weighted by Gasteiger charge is 2.17. The number of halogens is 1. The molecule has 0 saturated carbocycles. The third kappa shape index (κ3) is 5.96. The predicted molar refractivity (Wildman–Crippen MR) is 94.8 cm³/mol. The largest absolute Gasteiger partial charge is 0.465 e. The van der Waals surface area contributed by atoms with E-state index in [4.69, 9.17) is 16.3 Å². The van der Waals surface area contributed by atoms with E-state index in [9.17, 15) is 9.90 Å². The summed E-state index contributed by atoms with van der Waals surface area (Å²) >= 11 is 5.88. The highest BCUT2D eigenvalue weighted by molar-refractivity contribution is 6.30. The van der Waals surface area contributed by atoms with E-state index in [0.717, 1.165) is 11.1 Å². The van der Waals surface area contributed by atoms with E-state index in [0.29, 0.717) is 24.7 Å². The van der Waals surface area contributed by atoms with Crippen LogP contribution in [0, 0.1) is 0 Å². The zero-order valence-electron chi connectivity index (χ0n) is 13.7. The zero-order valence-corrected chi connectivity index (χ0v) is 14.4. The summed E-state index contributed by atoms with van der Waals surface area (Å²) in [6.07, 6.45) is -0.708. The molecule has 0 aliphatic heterocycles. The van der Waals surface area contributed by atoms with Crippen molar-refractivity contribution < 1.29 is 14.6 Å². The lowest BCUT2D eigenvalue weighted by Gasteiger charge is -2.24. The summed E-state index contributed by atoms with van der Waals surface area (Å²) in [4.78, 5) is 13.7. The van der Waals surface area contributed by atoms with Gasteiger partial charge in [-0.15, -0.1) is 0 Å². The lowest BCUT2D eigenvalue weighted by atomic mass is 10.1. The fourth-order valence-corrected chi connectivity index (χ4v) is 2.58. The van der Waals surface area contributed by atoms with Gasteiger partial charge in [0, 0.05) is 18.1 Å². The molecule has 0 aliphatic rings. The normalized spacial score (nSPS) is 12.2. The Bertz CT molecular complexity index is 631. The maximum Gasteiger partial charge on any atom is 0.320 e. The lowest BCUT2D eigenvalue weighted by Crippen LogP contribution is -2.34. The van der Waals surface area contributed by atoms with Crippen molar-refractivity contribution in [3.63, 3.8) is 0 Å². The summed E-state index contributed by atoms with van der Waals surface area (Å²) < 4.78 is 5.03. The monoisotopic (exact) mass is 347 g/mol. The Labute approximate surface area is 147 Å². The van der Waals surface area contributed by atoms with E-state index in [1.165, 1.54) is 0 Å². The van der Waals surface area contributed by atoms with Crippen LogP contribution >= 0.6 is 11.6 Å². The van der Waals surface area contributed by atoms with Crippen molar-refractivity contribution in [1.29, 1.82) is 0 Å². The third-order valence-electron chi connectivity index (χ3n) is 3.59. The van der Waals surface area contributed by atoms with Gasteiger partial charge in [0.1, 0.15) is 0 Å². The molecule has 1 unspecified atom stereocenters. The summed E-state index contributed by atoms with van der Waals surface area (Å²) in [5.41, 5.74) is 1.84. The molecule has 0 radical (unpaired) electrons. The topological polar surface area (TPSA) is 49.8 Å². The molecule has 0 amide bonds. The maximum atomic E-state index is 11.8. The average molecular weight is 348 g/mol. The number of hydrogen-bond acceptors (Lipinski definition) is 4. The van der Waals surface area contributed by atoms with E-state index in [1.54, 1.807) is 31.2 Å². The van der Waals surface area contributed by atoms with E-state index in [-0.39, 0.29) is 12.5 Å². The van der Waals surface area contributed by atoms with E-state index >= 15 is 0 Å². The lowest BCUT2D eigenvalue weighted by molar-refractivity contribution is -0.144. The second-order valence-corrected chi connectivity index (χ2v) is 5.96. The molecule has 24 heavy (non-hydrogen) atoms. The van der Waals surface area contributed by atoms with Gasteiger partial charge in [0.05, 0.1) is 19.3 Å². The molecule has 0 aliphatic carbocycles. The summed E-state index contributed by atoms with van der Waals surface area (Å²) in [5.74, 6) is -0.295. The molecule has 0 spiro atoms. The predicted octanol–water partition coefficient (Wildman–Crippen LogP) is 3.44. The molecule has 1 atom stereocenters. The number of hydrogen-bond donors (Lipinski definition) is 1. The molecule has 0 saturated heterocycles. The number of aliphatic hydroxyl groups excluding tert-OH is 1. The van der Waals surface area contributed by atoms with Gasteiger partial charge in [0.25, 0.3) is 0 Å². The number of benzene rings is 2. The minimum Gasteiger partial charge on any atom is -0.465 e. The number of carbonyl (C=O) groups excluding carboxylic acids is 1. The van der Waals surface area contributed by atoms with Crippen molar-refractivity contribution >= 4 is 17.6 Å². The van der Waals surface area contributed by atoms with Crippen LogP contribution in [0.15, 0.2) is 54.6 Å². The molecule has 2 aromatic rings. The Balaban J connectivity index is 2.06. The van der Waals surface area contributed by atoms with Crippen LogP contribution in [0.2, 0.25) is 5.02 Å². The van der Waals surface area contributed by atoms with Crippen LogP contribution in [0.3, 0.4) is 0 Å².